The first-order valence-electron chi connectivity index (χ1n) is 6.47. The predicted octanol–water partition coefficient (Wildman–Crippen LogP) is 1.47. The van der Waals surface area contributed by atoms with Crippen LogP contribution in [0.5, 0.6) is 0 Å². The van der Waals surface area contributed by atoms with Crippen LogP contribution in [0.1, 0.15) is 32.1 Å². The second kappa shape index (κ2) is 5.23. The van der Waals surface area contributed by atoms with E-state index in [1.807, 2.05) is 5.32 Å². The van der Waals surface area contributed by atoms with Gasteiger partial charge < -0.3 is 15.2 Å². The first-order chi connectivity index (χ1) is 9.22. The van der Waals surface area contributed by atoms with Gasteiger partial charge in [0.1, 0.15) is 0 Å². The summed E-state index contributed by atoms with van der Waals surface area (Å²) in [7, 11) is 0. The van der Waals surface area contributed by atoms with Crippen LogP contribution in [0.4, 0.5) is 13.2 Å². The van der Waals surface area contributed by atoms with Crippen LogP contribution in [0.3, 0.4) is 0 Å². The van der Waals surface area contributed by atoms with Crippen molar-refractivity contribution in [1.82, 2.24) is 5.32 Å². The first kappa shape index (κ1) is 15.1. The zero-order chi connectivity index (χ0) is 15.0. The van der Waals surface area contributed by atoms with E-state index in [0.29, 0.717) is 19.3 Å². The van der Waals surface area contributed by atoms with E-state index in [-0.39, 0.29) is 6.54 Å². The number of carboxylic acids is 1. The van der Waals surface area contributed by atoms with Gasteiger partial charge >= 0.3 is 18.1 Å². The van der Waals surface area contributed by atoms with E-state index in [2.05, 4.69) is 0 Å². The molecule has 0 aromatic heterocycles. The molecule has 20 heavy (non-hydrogen) atoms. The van der Waals surface area contributed by atoms with Crippen molar-refractivity contribution in [3.8, 4) is 0 Å². The van der Waals surface area contributed by atoms with Crippen LogP contribution >= 0.6 is 0 Å². The smallest absolute Gasteiger partial charge is 0.471 e. The molecule has 5 nitrogen and oxygen atoms in total. The quantitative estimate of drug-likeness (QED) is 0.826. The number of alkyl halides is 3. The summed E-state index contributed by atoms with van der Waals surface area (Å²) in [4.78, 5) is 21.5. The molecule has 0 radical (unpaired) electrons. The minimum absolute atomic E-state index is 0.197. The highest BCUT2D eigenvalue weighted by molar-refractivity contribution is 5.81. The van der Waals surface area contributed by atoms with Crippen LogP contribution in [-0.2, 0) is 14.3 Å². The molecule has 114 valence electrons. The fraction of sp³-hybridized carbons (Fsp3) is 0.833. The maximum Gasteiger partial charge on any atom is 0.471 e. The number of carbonyl (C=O) groups is 2. The molecule has 1 aliphatic heterocycles. The van der Waals surface area contributed by atoms with Crippen LogP contribution in [0, 0.1) is 5.92 Å². The zero-order valence-electron chi connectivity index (χ0n) is 10.7. The van der Waals surface area contributed by atoms with Crippen LogP contribution in [0.25, 0.3) is 0 Å². The number of halogens is 3. The fourth-order valence-electron chi connectivity index (χ4n) is 2.89. The molecular formula is C12H16F3NO4. The second-order valence-electron chi connectivity index (χ2n) is 5.47. The summed E-state index contributed by atoms with van der Waals surface area (Å²) in [6, 6.07) is 0. The summed E-state index contributed by atoms with van der Waals surface area (Å²) in [6.07, 6.45) is -2.53. The molecule has 1 saturated heterocycles. The topological polar surface area (TPSA) is 75.6 Å². The third-order valence-corrected chi connectivity index (χ3v) is 3.91. The molecule has 2 N–H and O–H groups in total. The lowest BCUT2D eigenvalue weighted by Gasteiger charge is -2.50. The van der Waals surface area contributed by atoms with Crippen molar-refractivity contribution in [2.24, 2.45) is 5.92 Å². The number of ether oxygens (including phenoxy) is 1. The molecule has 1 amide bonds. The number of hydrogen-bond donors (Lipinski definition) is 2. The Bertz CT molecular complexity index is 404. The molecule has 0 aromatic carbocycles. The van der Waals surface area contributed by atoms with Crippen molar-refractivity contribution in [3.63, 3.8) is 0 Å². The van der Waals surface area contributed by atoms with E-state index < -0.39 is 35.7 Å². The largest absolute Gasteiger partial charge is 0.481 e. The Balaban J connectivity index is 1.80. The number of hydrogen-bond acceptors (Lipinski definition) is 3. The Labute approximate surface area is 113 Å². The van der Waals surface area contributed by atoms with Gasteiger partial charge in [0.2, 0.25) is 0 Å². The molecule has 0 bridgehead atoms. The van der Waals surface area contributed by atoms with E-state index in [0.717, 1.165) is 12.8 Å². The number of carboxylic acid groups (broad SMARTS) is 1. The summed E-state index contributed by atoms with van der Waals surface area (Å²) in [6.45, 7) is -0.197. The van der Waals surface area contributed by atoms with Crippen LogP contribution in [0.2, 0.25) is 0 Å². The average Bonchev–Trinajstić information content (AvgIpc) is 2.31. The molecule has 1 aliphatic carbocycles. The van der Waals surface area contributed by atoms with E-state index in [9.17, 15) is 22.8 Å². The van der Waals surface area contributed by atoms with Gasteiger partial charge in [-0.1, -0.05) is 0 Å². The van der Waals surface area contributed by atoms with Crippen molar-refractivity contribution in [3.05, 3.63) is 0 Å². The van der Waals surface area contributed by atoms with Gasteiger partial charge in [0, 0.05) is 6.54 Å². The first-order valence-corrected chi connectivity index (χ1v) is 6.47. The number of carbonyl (C=O) groups excluding carboxylic acids is 1. The van der Waals surface area contributed by atoms with Gasteiger partial charge in [-0.15, -0.1) is 0 Å². The Morgan fingerprint density at radius 3 is 2.55 bits per heavy atom. The maximum absolute atomic E-state index is 12.1. The molecule has 1 unspecified atom stereocenters. The highest BCUT2D eigenvalue weighted by atomic mass is 19.4. The summed E-state index contributed by atoms with van der Waals surface area (Å²) < 4.78 is 41.9. The monoisotopic (exact) mass is 295 g/mol. The SMILES string of the molecule is O=C(O)C1CC2(CCCC(CNC(=O)C(F)(F)F)O2)C1. The Morgan fingerprint density at radius 1 is 1.35 bits per heavy atom. The number of rotatable bonds is 3. The van der Waals surface area contributed by atoms with Gasteiger partial charge in [-0.05, 0) is 32.1 Å². The lowest BCUT2D eigenvalue weighted by atomic mass is 9.67. The number of amides is 1. The fourth-order valence-corrected chi connectivity index (χ4v) is 2.89. The summed E-state index contributed by atoms with van der Waals surface area (Å²) in [5.74, 6) is -3.28. The average molecular weight is 295 g/mol. The van der Waals surface area contributed by atoms with Gasteiger partial charge in [0.05, 0.1) is 17.6 Å². The van der Waals surface area contributed by atoms with Crippen LogP contribution in [-0.4, -0.2) is 41.4 Å². The molecule has 2 fully saturated rings. The van der Waals surface area contributed by atoms with Crippen LogP contribution in [0.15, 0.2) is 0 Å². The minimum Gasteiger partial charge on any atom is -0.481 e. The van der Waals surface area contributed by atoms with E-state index in [4.69, 9.17) is 9.84 Å². The summed E-state index contributed by atoms with van der Waals surface area (Å²) >= 11 is 0. The van der Waals surface area contributed by atoms with Gasteiger partial charge in [0.15, 0.2) is 0 Å². The van der Waals surface area contributed by atoms with E-state index in [1.54, 1.807) is 0 Å². The van der Waals surface area contributed by atoms with Gasteiger partial charge in [-0.3, -0.25) is 9.59 Å². The highest BCUT2D eigenvalue weighted by Crippen LogP contribution is 2.47. The third-order valence-electron chi connectivity index (χ3n) is 3.91. The molecule has 1 saturated carbocycles. The lowest BCUT2D eigenvalue weighted by Crippen LogP contribution is -2.55. The minimum atomic E-state index is -4.89. The Kier molecular flexibility index (Phi) is 3.95. The molecule has 1 heterocycles. The Morgan fingerprint density at radius 2 is 2.00 bits per heavy atom. The molecular weight excluding hydrogens is 279 g/mol. The number of nitrogens with one attached hydrogen (secondary N) is 1. The Hall–Kier alpha value is -1.31. The lowest BCUT2D eigenvalue weighted by molar-refractivity contribution is -0.200. The summed E-state index contributed by atoms with van der Waals surface area (Å²) in [5.41, 5.74) is -0.519. The maximum atomic E-state index is 12.1. The molecule has 8 heteroatoms. The van der Waals surface area contributed by atoms with E-state index in [1.165, 1.54) is 0 Å². The van der Waals surface area contributed by atoms with Crippen molar-refractivity contribution in [2.45, 2.75) is 50.0 Å². The standard InChI is InChI=1S/C12H16F3NO4/c13-12(14,15)10(19)16-6-8-2-1-3-11(20-8)4-7(5-11)9(17)18/h7-8H,1-6H2,(H,16,19)(H,17,18). The third kappa shape index (κ3) is 3.23. The number of aliphatic carboxylic acids is 1. The normalized spacial score (nSPS) is 33.5. The molecule has 0 aromatic rings. The van der Waals surface area contributed by atoms with Gasteiger partial charge in [-0.25, -0.2) is 0 Å². The van der Waals surface area contributed by atoms with Crippen molar-refractivity contribution in [1.29, 1.82) is 0 Å². The van der Waals surface area contributed by atoms with Crippen molar-refractivity contribution < 1.29 is 32.6 Å². The molecule has 2 rings (SSSR count). The van der Waals surface area contributed by atoms with Crippen molar-refractivity contribution in [2.75, 3.05) is 6.54 Å². The molecule has 1 atom stereocenters. The second-order valence-corrected chi connectivity index (χ2v) is 5.47. The molecule has 2 aliphatic rings. The predicted molar refractivity (Wildman–Crippen MR) is 60.9 cm³/mol. The summed E-state index contributed by atoms with van der Waals surface area (Å²) in [5, 5.41) is 10.6. The zero-order valence-corrected chi connectivity index (χ0v) is 10.7. The van der Waals surface area contributed by atoms with Gasteiger partial charge in [0.25, 0.3) is 0 Å². The van der Waals surface area contributed by atoms with Gasteiger partial charge in [-0.2, -0.15) is 13.2 Å². The molecule has 1 spiro atoms. The van der Waals surface area contributed by atoms with Crippen LogP contribution < -0.4 is 5.32 Å². The highest BCUT2D eigenvalue weighted by Gasteiger charge is 2.51. The van der Waals surface area contributed by atoms with Crippen molar-refractivity contribution >= 4 is 11.9 Å². The van der Waals surface area contributed by atoms with E-state index >= 15 is 0 Å².